The minimum Gasteiger partial charge on any atom is -0.343 e. The van der Waals surface area contributed by atoms with Gasteiger partial charge in [-0.1, -0.05) is 25.2 Å². The molecule has 0 bridgehead atoms. The lowest BCUT2D eigenvalue weighted by molar-refractivity contribution is 0.717. The van der Waals surface area contributed by atoms with Gasteiger partial charge in [-0.15, -0.1) is 17.1 Å². The highest BCUT2D eigenvalue weighted by Crippen LogP contribution is 2.38. The Bertz CT molecular complexity index is 856. The quantitative estimate of drug-likeness (QED) is 0.828. The van der Waals surface area contributed by atoms with E-state index in [0.29, 0.717) is 5.92 Å². The molecule has 2 aliphatic carbocycles. The van der Waals surface area contributed by atoms with Gasteiger partial charge in [0.05, 0.1) is 5.69 Å². The summed E-state index contributed by atoms with van der Waals surface area (Å²) in [5, 5.41) is 3.04. The third kappa shape index (κ3) is 2.33. The Morgan fingerprint density at radius 2 is 2.36 bits per heavy atom. The lowest BCUT2D eigenvalue weighted by Crippen LogP contribution is -2.05. The summed E-state index contributed by atoms with van der Waals surface area (Å²) in [6, 6.07) is 0. The standard InChI is InChI=1S/C18H15N3S/c1-12-9-13-5-3-2-4-6-14(13)15(10-12)16-11-22-18(21-16)17-19-7-8-20-17/h2,4-8,10-12H,9H2,1H3,(H,19,20). The molecule has 2 aromatic rings. The molecular formula is C18H15N3S. The first-order valence-electron chi connectivity index (χ1n) is 7.31. The van der Waals surface area contributed by atoms with Gasteiger partial charge in [-0.2, -0.15) is 0 Å². The first kappa shape index (κ1) is 13.3. The van der Waals surface area contributed by atoms with Crippen LogP contribution in [-0.2, 0) is 0 Å². The number of H-pyrrole nitrogens is 1. The van der Waals surface area contributed by atoms with Crippen molar-refractivity contribution >= 4 is 16.9 Å². The van der Waals surface area contributed by atoms with Gasteiger partial charge in [0.25, 0.3) is 0 Å². The lowest BCUT2D eigenvalue weighted by Gasteiger charge is -2.20. The molecule has 3 nitrogen and oxygen atoms in total. The van der Waals surface area contributed by atoms with Crippen LogP contribution in [0.1, 0.15) is 19.0 Å². The topological polar surface area (TPSA) is 41.6 Å². The average molecular weight is 305 g/mol. The van der Waals surface area contributed by atoms with E-state index in [1.807, 2.05) is 18.3 Å². The van der Waals surface area contributed by atoms with Gasteiger partial charge < -0.3 is 4.98 Å². The number of imidazole rings is 1. The maximum absolute atomic E-state index is 4.78. The molecule has 0 aromatic carbocycles. The Kier molecular flexibility index (Phi) is 3.26. The van der Waals surface area contributed by atoms with Crippen molar-refractivity contribution < 1.29 is 0 Å². The van der Waals surface area contributed by atoms with Crippen LogP contribution in [0.3, 0.4) is 0 Å². The molecule has 1 N–H and O–H groups in total. The first-order chi connectivity index (χ1) is 10.8. The van der Waals surface area contributed by atoms with Crippen molar-refractivity contribution in [3.8, 4) is 10.8 Å². The molecule has 0 saturated carbocycles. The van der Waals surface area contributed by atoms with E-state index >= 15 is 0 Å². The van der Waals surface area contributed by atoms with Crippen LogP contribution in [0.4, 0.5) is 0 Å². The predicted octanol–water partition coefficient (Wildman–Crippen LogP) is 4.53. The number of aromatic nitrogens is 3. The third-order valence-electron chi connectivity index (χ3n) is 3.82. The molecule has 0 spiro atoms. The molecule has 0 amide bonds. The van der Waals surface area contributed by atoms with Crippen molar-refractivity contribution in [2.24, 2.45) is 5.92 Å². The van der Waals surface area contributed by atoms with Crippen LogP contribution in [0.2, 0.25) is 0 Å². The van der Waals surface area contributed by atoms with E-state index in [-0.39, 0.29) is 0 Å². The summed E-state index contributed by atoms with van der Waals surface area (Å²) < 4.78 is 0. The molecule has 4 rings (SSSR count). The Morgan fingerprint density at radius 3 is 3.23 bits per heavy atom. The summed E-state index contributed by atoms with van der Waals surface area (Å²) in [5.41, 5.74) is 8.05. The van der Waals surface area contributed by atoms with E-state index in [2.05, 4.69) is 46.2 Å². The maximum atomic E-state index is 4.78. The number of thiazole rings is 1. The molecule has 0 fully saturated rings. The Labute approximate surface area is 133 Å². The smallest absolute Gasteiger partial charge is 0.166 e. The zero-order valence-electron chi connectivity index (χ0n) is 12.2. The Morgan fingerprint density at radius 1 is 1.41 bits per heavy atom. The maximum Gasteiger partial charge on any atom is 0.166 e. The minimum atomic E-state index is 0.507. The monoisotopic (exact) mass is 305 g/mol. The second-order valence-corrected chi connectivity index (χ2v) is 6.37. The summed E-state index contributed by atoms with van der Waals surface area (Å²) >= 11 is 1.62. The Balaban J connectivity index is 1.78. The zero-order valence-corrected chi connectivity index (χ0v) is 13.0. The number of nitrogens with zero attached hydrogens (tertiary/aromatic N) is 2. The van der Waals surface area contributed by atoms with Crippen molar-refractivity contribution in [2.75, 3.05) is 0 Å². The number of aromatic amines is 1. The molecule has 2 aliphatic rings. The summed E-state index contributed by atoms with van der Waals surface area (Å²) in [4.78, 5) is 12.2. The second kappa shape index (κ2) is 5.41. The summed E-state index contributed by atoms with van der Waals surface area (Å²) in [6.07, 6.45) is 15.2. The van der Waals surface area contributed by atoms with Crippen LogP contribution in [0.25, 0.3) is 16.4 Å². The van der Waals surface area contributed by atoms with Crippen LogP contribution in [0.5, 0.6) is 0 Å². The van der Waals surface area contributed by atoms with Gasteiger partial charge >= 0.3 is 0 Å². The van der Waals surface area contributed by atoms with Crippen LogP contribution >= 0.6 is 11.3 Å². The number of nitrogens with one attached hydrogen (secondary N) is 1. The van der Waals surface area contributed by atoms with Gasteiger partial charge in [-0.25, -0.2) is 9.97 Å². The van der Waals surface area contributed by atoms with Gasteiger partial charge in [0, 0.05) is 23.3 Å². The summed E-state index contributed by atoms with van der Waals surface area (Å²) in [7, 11) is 0. The largest absolute Gasteiger partial charge is 0.343 e. The number of hydrogen-bond donors (Lipinski definition) is 1. The fourth-order valence-electron chi connectivity index (χ4n) is 2.86. The molecule has 1 atom stereocenters. The van der Waals surface area contributed by atoms with E-state index in [1.165, 1.54) is 16.7 Å². The number of allylic oxidation sites excluding steroid dienone is 7. The molecule has 4 heteroatoms. The summed E-state index contributed by atoms with van der Waals surface area (Å²) in [5.74, 6) is 1.33. The van der Waals surface area contributed by atoms with Crippen LogP contribution in [-0.4, -0.2) is 15.0 Å². The highest BCUT2D eigenvalue weighted by Gasteiger charge is 2.21. The van der Waals surface area contributed by atoms with E-state index in [1.54, 1.807) is 17.5 Å². The van der Waals surface area contributed by atoms with Crippen molar-refractivity contribution in [2.45, 2.75) is 13.3 Å². The van der Waals surface area contributed by atoms with Crippen molar-refractivity contribution in [3.63, 3.8) is 0 Å². The highest BCUT2D eigenvalue weighted by atomic mass is 32.1. The Hall–Kier alpha value is -2.42. The van der Waals surface area contributed by atoms with Crippen molar-refractivity contribution in [1.29, 1.82) is 0 Å². The van der Waals surface area contributed by atoms with Gasteiger partial charge in [0.15, 0.2) is 10.8 Å². The molecule has 2 aromatic heterocycles. The minimum absolute atomic E-state index is 0.507. The van der Waals surface area contributed by atoms with Gasteiger partial charge in [0.1, 0.15) is 0 Å². The van der Waals surface area contributed by atoms with Crippen LogP contribution in [0, 0.1) is 5.92 Å². The fraction of sp³-hybridized carbons (Fsp3) is 0.167. The molecule has 0 radical (unpaired) electrons. The molecule has 108 valence electrons. The second-order valence-electron chi connectivity index (χ2n) is 5.51. The summed E-state index contributed by atoms with van der Waals surface area (Å²) in [6.45, 7) is 2.25. The first-order valence-corrected chi connectivity index (χ1v) is 8.19. The van der Waals surface area contributed by atoms with Gasteiger partial charge in [-0.05, 0) is 35.6 Å². The lowest BCUT2D eigenvalue weighted by atomic mass is 9.84. The van der Waals surface area contributed by atoms with E-state index < -0.39 is 0 Å². The molecule has 0 aliphatic heterocycles. The molecule has 0 saturated heterocycles. The van der Waals surface area contributed by atoms with E-state index in [4.69, 9.17) is 4.98 Å². The molecular weight excluding hydrogens is 290 g/mol. The van der Waals surface area contributed by atoms with Crippen molar-refractivity contribution in [1.82, 2.24) is 15.0 Å². The van der Waals surface area contributed by atoms with Gasteiger partial charge in [-0.3, -0.25) is 0 Å². The normalized spacial score (nSPS) is 20.0. The highest BCUT2D eigenvalue weighted by molar-refractivity contribution is 7.13. The van der Waals surface area contributed by atoms with Crippen LogP contribution < -0.4 is 0 Å². The van der Waals surface area contributed by atoms with Gasteiger partial charge in [0.2, 0.25) is 0 Å². The van der Waals surface area contributed by atoms with Crippen molar-refractivity contribution in [3.05, 3.63) is 70.7 Å². The zero-order chi connectivity index (χ0) is 14.9. The SMILES string of the molecule is CC1C=C(c2csc(-c3ncc[nH]3)n2)C2=C(C=C=CC=C2)C1. The molecule has 1 unspecified atom stereocenters. The fourth-order valence-corrected chi connectivity index (χ4v) is 3.63. The predicted molar refractivity (Wildman–Crippen MR) is 90.3 cm³/mol. The number of hydrogen-bond acceptors (Lipinski definition) is 3. The average Bonchev–Trinajstić information content (AvgIpc) is 3.14. The van der Waals surface area contributed by atoms with E-state index in [9.17, 15) is 0 Å². The number of rotatable bonds is 2. The third-order valence-corrected chi connectivity index (χ3v) is 4.67. The molecule has 2 heterocycles. The van der Waals surface area contributed by atoms with Crippen LogP contribution in [0.15, 0.2) is 65.0 Å². The molecule has 22 heavy (non-hydrogen) atoms. The van der Waals surface area contributed by atoms with E-state index in [0.717, 1.165) is 22.9 Å².